The molecule has 0 radical (unpaired) electrons. The highest BCUT2D eigenvalue weighted by Crippen LogP contribution is 2.38. The molecule has 3 rings (SSSR count). The normalized spacial score (nSPS) is 14.5. The first kappa shape index (κ1) is 21.5. The minimum Gasteiger partial charge on any atom is -0.490 e. The fourth-order valence-electron chi connectivity index (χ4n) is 2.90. The van der Waals surface area contributed by atoms with E-state index >= 15 is 0 Å². The van der Waals surface area contributed by atoms with Gasteiger partial charge in [0.05, 0.1) is 22.6 Å². The van der Waals surface area contributed by atoms with E-state index in [1.54, 1.807) is 31.2 Å². The number of halogens is 1. The molecule has 0 bridgehead atoms. The van der Waals surface area contributed by atoms with E-state index in [1.165, 1.54) is 12.1 Å². The molecule has 156 valence electrons. The van der Waals surface area contributed by atoms with E-state index in [9.17, 15) is 14.9 Å². The molecule has 8 nitrogen and oxygen atoms in total. The number of hydrogen-bond acceptors (Lipinski definition) is 7. The Labute approximate surface area is 181 Å². The lowest BCUT2D eigenvalue weighted by Gasteiger charge is -2.13. The minimum absolute atomic E-state index is 0.0119. The third-order valence-corrected chi connectivity index (χ3v) is 4.77. The van der Waals surface area contributed by atoms with Crippen LogP contribution in [0.5, 0.6) is 11.5 Å². The number of hydrogen-bond donors (Lipinski definition) is 0. The van der Waals surface area contributed by atoms with Crippen LogP contribution in [0.2, 0.25) is 0 Å². The molecule has 0 aromatic heterocycles. The van der Waals surface area contributed by atoms with E-state index in [0.717, 1.165) is 0 Å². The van der Waals surface area contributed by atoms with Gasteiger partial charge in [-0.05, 0) is 72.6 Å². The van der Waals surface area contributed by atoms with Gasteiger partial charge in [0, 0.05) is 17.2 Å². The number of carbonyl (C=O) groups excluding carboxylic acids is 1. The van der Waals surface area contributed by atoms with E-state index in [4.69, 9.17) is 14.2 Å². The van der Waals surface area contributed by atoms with Crippen molar-refractivity contribution in [2.24, 2.45) is 4.99 Å². The monoisotopic (exact) mass is 474 g/mol. The number of rotatable bonds is 7. The maximum atomic E-state index is 12.3. The van der Waals surface area contributed by atoms with Crippen LogP contribution in [-0.2, 0) is 9.53 Å². The van der Waals surface area contributed by atoms with Crippen LogP contribution in [0.3, 0.4) is 0 Å². The first-order chi connectivity index (χ1) is 14.3. The maximum Gasteiger partial charge on any atom is 0.363 e. The van der Waals surface area contributed by atoms with E-state index in [0.29, 0.717) is 45.9 Å². The van der Waals surface area contributed by atoms with Crippen LogP contribution in [0.15, 0.2) is 45.5 Å². The van der Waals surface area contributed by atoms with E-state index in [2.05, 4.69) is 20.9 Å². The lowest BCUT2D eigenvalue weighted by atomic mass is 10.1. The zero-order valence-electron chi connectivity index (χ0n) is 16.6. The Morgan fingerprint density at radius 1 is 1.20 bits per heavy atom. The first-order valence-electron chi connectivity index (χ1n) is 9.21. The second-order valence-corrected chi connectivity index (χ2v) is 7.14. The van der Waals surface area contributed by atoms with Crippen molar-refractivity contribution in [1.82, 2.24) is 0 Å². The highest BCUT2D eigenvalue weighted by Gasteiger charge is 2.25. The summed E-state index contributed by atoms with van der Waals surface area (Å²) in [5.74, 6) is 0.617. The molecule has 0 atom stereocenters. The van der Waals surface area contributed by atoms with Gasteiger partial charge in [-0.1, -0.05) is 0 Å². The van der Waals surface area contributed by atoms with Gasteiger partial charge in [-0.15, -0.1) is 0 Å². The minimum atomic E-state index is -0.607. The molecule has 9 heteroatoms. The van der Waals surface area contributed by atoms with Crippen molar-refractivity contribution in [3.05, 3.63) is 67.3 Å². The summed E-state index contributed by atoms with van der Waals surface area (Å²) in [6, 6.07) is 7.97. The van der Waals surface area contributed by atoms with Crippen molar-refractivity contribution < 1.29 is 23.9 Å². The molecular weight excluding hydrogens is 456 g/mol. The Kier molecular flexibility index (Phi) is 6.51. The highest BCUT2D eigenvalue weighted by atomic mass is 79.9. The standard InChI is InChI=1S/C21H19BrN2O6/c1-4-28-18-11-13(9-15(22)19(18)29-5-2)10-16-21(25)30-20(23-16)14-6-7-17(24(26)27)12(3)8-14/h6-11H,4-5H2,1-3H3/b16-10-. The van der Waals surface area contributed by atoms with Crippen molar-refractivity contribution in [3.8, 4) is 11.5 Å². The number of ether oxygens (including phenoxy) is 3. The molecule has 1 heterocycles. The molecule has 30 heavy (non-hydrogen) atoms. The number of nitrogens with zero attached hydrogens (tertiary/aromatic N) is 2. The molecule has 0 aliphatic carbocycles. The second kappa shape index (κ2) is 9.08. The van der Waals surface area contributed by atoms with E-state index < -0.39 is 10.9 Å². The predicted octanol–water partition coefficient (Wildman–Crippen LogP) is 4.81. The summed E-state index contributed by atoms with van der Waals surface area (Å²) in [6.07, 6.45) is 1.58. The summed E-state index contributed by atoms with van der Waals surface area (Å²) in [7, 11) is 0. The average molecular weight is 475 g/mol. The van der Waals surface area contributed by atoms with Crippen molar-refractivity contribution in [1.29, 1.82) is 0 Å². The van der Waals surface area contributed by atoms with Gasteiger partial charge in [-0.3, -0.25) is 10.1 Å². The molecule has 0 saturated heterocycles. The summed E-state index contributed by atoms with van der Waals surface area (Å²) < 4.78 is 17.2. The third kappa shape index (κ3) is 4.51. The molecule has 0 unspecified atom stereocenters. The van der Waals surface area contributed by atoms with Crippen molar-refractivity contribution in [2.75, 3.05) is 13.2 Å². The Bertz CT molecular complexity index is 1080. The fourth-order valence-corrected chi connectivity index (χ4v) is 3.48. The number of aryl methyl sites for hydroxylation is 1. The SMILES string of the molecule is CCOc1cc(/C=C2\N=C(c3ccc([N+](=O)[O-])c(C)c3)OC2=O)cc(Br)c1OCC. The van der Waals surface area contributed by atoms with Gasteiger partial charge in [0.1, 0.15) is 0 Å². The Hall–Kier alpha value is -3.20. The largest absolute Gasteiger partial charge is 0.490 e. The van der Waals surface area contributed by atoms with Crippen LogP contribution < -0.4 is 9.47 Å². The molecule has 2 aromatic rings. The van der Waals surface area contributed by atoms with Crippen LogP contribution in [0, 0.1) is 17.0 Å². The van der Waals surface area contributed by atoms with Crippen molar-refractivity contribution in [3.63, 3.8) is 0 Å². The van der Waals surface area contributed by atoms with Gasteiger partial charge in [0.25, 0.3) is 5.69 Å². The molecule has 1 aliphatic heterocycles. The molecule has 0 spiro atoms. The van der Waals surface area contributed by atoms with Gasteiger partial charge < -0.3 is 14.2 Å². The number of carbonyl (C=O) groups is 1. The third-order valence-electron chi connectivity index (χ3n) is 4.18. The topological polar surface area (TPSA) is 100 Å². The Morgan fingerprint density at radius 2 is 1.93 bits per heavy atom. The Balaban J connectivity index is 1.96. The van der Waals surface area contributed by atoms with Crippen molar-refractivity contribution >= 4 is 39.6 Å². The second-order valence-electron chi connectivity index (χ2n) is 6.29. The quantitative estimate of drug-likeness (QED) is 0.247. The zero-order chi connectivity index (χ0) is 21.8. The lowest BCUT2D eigenvalue weighted by molar-refractivity contribution is -0.385. The van der Waals surface area contributed by atoms with Gasteiger partial charge in [-0.2, -0.15) is 0 Å². The van der Waals surface area contributed by atoms with Crippen LogP contribution in [-0.4, -0.2) is 30.0 Å². The van der Waals surface area contributed by atoms with Crippen LogP contribution >= 0.6 is 15.9 Å². The fraction of sp³-hybridized carbons (Fsp3) is 0.238. The molecule has 0 amide bonds. The summed E-state index contributed by atoms with van der Waals surface area (Å²) in [4.78, 5) is 27.1. The summed E-state index contributed by atoms with van der Waals surface area (Å²) in [6.45, 7) is 6.29. The van der Waals surface area contributed by atoms with Gasteiger partial charge in [0.15, 0.2) is 17.2 Å². The van der Waals surface area contributed by atoms with Crippen LogP contribution in [0.25, 0.3) is 6.08 Å². The summed E-state index contributed by atoms with van der Waals surface area (Å²) in [5, 5.41) is 11.0. The maximum absolute atomic E-state index is 12.3. The summed E-state index contributed by atoms with van der Waals surface area (Å²) in [5.41, 5.74) is 1.70. The molecule has 0 N–H and O–H groups in total. The molecule has 1 aliphatic rings. The Morgan fingerprint density at radius 3 is 2.57 bits per heavy atom. The molecule has 0 fully saturated rings. The number of aliphatic imine (C=N–C) groups is 1. The van der Waals surface area contributed by atoms with Crippen molar-refractivity contribution in [2.45, 2.75) is 20.8 Å². The zero-order valence-corrected chi connectivity index (χ0v) is 18.2. The van der Waals surface area contributed by atoms with Crippen LogP contribution in [0.1, 0.15) is 30.5 Å². The smallest absolute Gasteiger partial charge is 0.363 e. The van der Waals surface area contributed by atoms with Crippen LogP contribution in [0.4, 0.5) is 5.69 Å². The number of cyclic esters (lactones) is 1. The number of nitro groups is 1. The van der Waals surface area contributed by atoms with Gasteiger partial charge >= 0.3 is 5.97 Å². The average Bonchev–Trinajstić information content (AvgIpc) is 3.05. The van der Waals surface area contributed by atoms with E-state index in [1.807, 2.05) is 13.8 Å². The van der Waals surface area contributed by atoms with Gasteiger partial charge in [-0.25, -0.2) is 9.79 Å². The summed E-state index contributed by atoms with van der Waals surface area (Å²) >= 11 is 3.47. The molecule has 2 aromatic carbocycles. The number of nitro benzene ring substituents is 1. The number of esters is 1. The van der Waals surface area contributed by atoms with Gasteiger partial charge in [0.2, 0.25) is 5.90 Å². The predicted molar refractivity (Wildman–Crippen MR) is 115 cm³/mol. The lowest BCUT2D eigenvalue weighted by Crippen LogP contribution is -2.06. The number of benzene rings is 2. The highest BCUT2D eigenvalue weighted by molar-refractivity contribution is 9.10. The molecule has 0 saturated carbocycles. The first-order valence-corrected chi connectivity index (χ1v) is 10.0. The van der Waals surface area contributed by atoms with E-state index in [-0.39, 0.29) is 17.3 Å². The molecular formula is C21H19BrN2O6.